The molecule has 40 heavy (non-hydrogen) atoms. The van der Waals surface area contributed by atoms with Gasteiger partial charge in [-0.05, 0) is 84.2 Å². The summed E-state index contributed by atoms with van der Waals surface area (Å²) in [6.45, 7) is 1.81. The molecule has 2 aliphatic rings. The lowest BCUT2D eigenvalue weighted by Gasteiger charge is -2.35. The number of carbonyl (C=O) groups is 2. The van der Waals surface area contributed by atoms with Crippen LogP contribution in [0.1, 0.15) is 42.2 Å². The number of amides is 2. The van der Waals surface area contributed by atoms with E-state index >= 15 is 0 Å². The number of nitrogens with zero attached hydrogens (tertiary/aromatic N) is 1. The molecule has 3 N–H and O–H groups in total. The lowest BCUT2D eigenvalue weighted by molar-refractivity contribution is -0.140. The Balaban J connectivity index is 1.38. The normalized spacial score (nSPS) is 22.1. The van der Waals surface area contributed by atoms with Gasteiger partial charge in [-0.15, -0.1) is 11.3 Å². The number of aliphatic hydroxyl groups is 2. The molecule has 208 valence electrons. The molecule has 0 bridgehead atoms. The lowest BCUT2D eigenvalue weighted by atomic mass is 9.68. The number of likely N-dealkylation sites (tertiary alicyclic amines) is 1. The average molecular weight is 578 g/mol. The van der Waals surface area contributed by atoms with Gasteiger partial charge in [0.15, 0.2) is 0 Å². The van der Waals surface area contributed by atoms with Gasteiger partial charge >= 0.3 is 0 Å². The van der Waals surface area contributed by atoms with E-state index in [2.05, 4.69) is 0 Å². The van der Waals surface area contributed by atoms with E-state index in [1.807, 2.05) is 60.8 Å². The van der Waals surface area contributed by atoms with Crippen molar-refractivity contribution in [1.82, 2.24) is 4.90 Å². The summed E-state index contributed by atoms with van der Waals surface area (Å²) in [4.78, 5) is 29.0. The number of hydrogen-bond acceptors (Lipinski definition) is 6. The van der Waals surface area contributed by atoms with Gasteiger partial charge in [0.2, 0.25) is 11.8 Å². The van der Waals surface area contributed by atoms with Crippen LogP contribution in [0.25, 0.3) is 11.6 Å². The number of phenols is 1. The number of halogens is 1. The second kappa shape index (κ2) is 12.1. The highest BCUT2D eigenvalue weighted by molar-refractivity contribution is 7.09. The minimum absolute atomic E-state index is 0.0841. The zero-order valence-corrected chi connectivity index (χ0v) is 23.7. The van der Waals surface area contributed by atoms with Gasteiger partial charge in [-0.1, -0.05) is 53.6 Å². The Bertz CT molecular complexity index is 1450. The first-order valence-electron chi connectivity index (χ1n) is 13.4. The molecule has 2 amide bonds. The molecule has 3 aromatic rings. The van der Waals surface area contributed by atoms with Crippen LogP contribution >= 0.6 is 22.9 Å². The summed E-state index contributed by atoms with van der Waals surface area (Å²) in [5.74, 6) is -2.20. The summed E-state index contributed by atoms with van der Waals surface area (Å²) < 4.78 is 0. The fourth-order valence-electron chi connectivity index (χ4n) is 6.12. The van der Waals surface area contributed by atoms with E-state index in [-0.39, 0.29) is 30.7 Å². The second-order valence-electron chi connectivity index (χ2n) is 10.5. The molecule has 1 saturated heterocycles. The Morgan fingerprint density at radius 2 is 1.90 bits per heavy atom. The number of imide groups is 1. The van der Waals surface area contributed by atoms with Crippen molar-refractivity contribution in [2.45, 2.75) is 38.8 Å². The molecule has 0 spiro atoms. The standard InChI is InChI=1S/C32H32ClNO5S/c1-19-14-25-30(32(39)34(31(25)38)17-24-8-5-13-40-24)26(18-35)29(19)28(37)12-10-21(20-6-3-2-4-7-20)15-22-9-11-23(36)16-27(22)33/h2-9,11,13,15-16,25-26,28,30,35-37H,10,12,14,17-18H2,1H3/b21-15-/t25-,26+,28-,30-/m1/s1. The summed E-state index contributed by atoms with van der Waals surface area (Å²) in [5, 5.41) is 34.0. The minimum atomic E-state index is -0.894. The van der Waals surface area contributed by atoms with Gasteiger partial charge in [0.25, 0.3) is 0 Å². The van der Waals surface area contributed by atoms with Gasteiger partial charge < -0.3 is 15.3 Å². The van der Waals surface area contributed by atoms with Gasteiger partial charge in [0.05, 0.1) is 36.1 Å². The number of aromatic hydroxyl groups is 1. The Kier molecular flexibility index (Phi) is 8.57. The molecule has 1 aliphatic carbocycles. The molecular formula is C32H32ClNO5S. The highest BCUT2D eigenvalue weighted by atomic mass is 35.5. The molecule has 8 heteroatoms. The third-order valence-corrected chi connectivity index (χ3v) is 9.20. The first-order valence-corrected chi connectivity index (χ1v) is 14.6. The molecule has 4 atom stereocenters. The van der Waals surface area contributed by atoms with E-state index in [0.29, 0.717) is 29.9 Å². The second-order valence-corrected chi connectivity index (χ2v) is 11.9. The van der Waals surface area contributed by atoms with Crippen LogP contribution in [-0.2, 0) is 16.1 Å². The third kappa shape index (κ3) is 5.65. The predicted octanol–water partition coefficient (Wildman–Crippen LogP) is 5.92. The third-order valence-electron chi connectivity index (χ3n) is 8.01. The van der Waals surface area contributed by atoms with Crippen molar-refractivity contribution >= 4 is 46.4 Å². The number of hydrogen-bond donors (Lipinski definition) is 3. The molecule has 0 radical (unpaired) electrons. The molecule has 2 heterocycles. The van der Waals surface area contributed by atoms with Crippen molar-refractivity contribution in [3.05, 3.63) is 98.2 Å². The Hall–Kier alpha value is -3.23. The fraction of sp³-hybridized carbons (Fsp3) is 0.312. The molecule has 0 saturated carbocycles. The number of aliphatic hydroxyl groups excluding tert-OH is 2. The van der Waals surface area contributed by atoms with Crippen molar-refractivity contribution in [2.24, 2.45) is 17.8 Å². The number of phenolic OH excluding ortho intramolecular Hbond substituents is 1. The van der Waals surface area contributed by atoms with Crippen molar-refractivity contribution in [3.8, 4) is 5.75 Å². The molecular weight excluding hydrogens is 546 g/mol. The average Bonchev–Trinajstić information content (AvgIpc) is 3.54. The van der Waals surface area contributed by atoms with Crippen LogP contribution in [0.5, 0.6) is 5.75 Å². The monoisotopic (exact) mass is 577 g/mol. The molecule has 1 aromatic heterocycles. The number of thiophene rings is 1. The molecule has 5 rings (SSSR count). The number of allylic oxidation sites excluding steroid dienone is 2. The molecule has 6 nitrogen and oxygen atoms in total. The van der Waals surface area contributed by atoms with Crippen molar-refractivity contribution in [3.63, 3.8) is 0 Å². The Morgan fingerprint density at radius 1 is 1.12 bits per heavy atom. The minimum Gasteiger partial charge on any atom is -0.508 e. The van der Waals surface area contributed by atoms with E-state index in [4.69, 9.17) is 11.6 Å². The highest BCUT2D eigenvalue weighted by Crippen LogP contribution is 2.46. The number of rotatable bonds is 9. The van der Waals surface area contributed by atoms with Crippen molar-refractivity contribution in [1.29, 1.82) is 0 Å². The maximum absolute atomic E-state index is 13.5. The number of carbonyl (C=O) groups excluding carboxylic acids is 2. The number of fused-ring (bicyclic) bond motifs is 1. The summed E-state index contributed by atoms with van der Waals surface area (Å²) in [7, 11) is 0. The first kappa shape index (κ1) is 28.3. The maximum atomic E-state index is 13.5. The quantitative estimate of drug-likeness (QED) is 0.167. The van der Waals surface area contributed by atoms with Gasteiger partial charge in [0.1, 0.15) is 5.75 Å². The SMILES string of the molecule is CC1=C([C@H](O)CC/C(=C/c2ccc(O)cc2Cl)c2ccccc2)[C@H](CO)[C@@H]2C(=O)N(Cc3cccs3)C(=O)[C@@H]2C1. The van der Waals surface area contributed by atoms with E-state index in [1.54, 1.807) is 12.1 Å². The van der Waals surface area contributed by atoms with Crippen LogP contribution in [0.15, 0.2) is 77.2 Å². The zero-order chi connectivity index (χ0) is 28.4. The van der Waals surface area contributed by atoms with E-state index in [9.17, 15) is 24.9 Å². The van der Waals surface area contributed by atoms with Crippen LogP contribution in [0.2, 0.25) is 5.02 Å². The predicted molar refractivity (Wildman–Crippen MR) is 157 cm³/mol. The van der Waals surface area contributed by atoms with Gasteiger partial charge in [-0.25, -0.2) is 0 Å². The smallest absolute Gasteiger partial charge is 0.234 e. The first-order chi connectivity index (χ1) is 19.3. The largest absolute Gasteiger partial charge is 0.508 e. The Labute approximate surface area is 242 Å². The van der Waals surface area contributed by atoms with Crippen LogP contribution in [0.4, 0.5) is 0 Å². The van der Waals surface area contributed by atoms with E-state index < -0.39 is 23.9 Å². The van der Waals surface area contributed by atoms with Gasteiger partial charge in [-0.3, -0.25) is 14.5 Å². The van der Waals surface area contributed by atoms with E-state index in [0.717, 1.165) is 27.2 Å². The molecule has 1 aliphatic heterocycles. The van der Waals surface area contributed by atoms with Crippen LogP contribution in [0, 0.1) is 17.8 Å². The summed E-state index contributed by atoms with van der Waals surface area (Å²) in [6, 6.07) is 18.4. The number of benzene rings is 2. The highest BCUT2D eigenvalue weighted by Gasteiger charge is 2.54. The van der Waals surface area contributed by atoms with Crippen molar-refractivity contribution in [2.75, 3.05) is 6.61 Å². The summed E-state index contributed by atoms with van der Waals surface area (Å²) in [6.07, 6.45) is 2.31. The van der Waals surface area contributed by atoms with Crippen molar-refractivity contribution < 1.29 is 24.9 Å². The van der Waals surface area contributed by atoms with Gasteiger partial charge in [-0.2, -0.15) is 0 Å². The molecule has 2 aromatic carbocycles. The fourth-order valence-corrected chi connectivity index (χ4v) is 7.04. The van der Waals surface area contributed by atoms with Crippen LogP contribution in [0.3, 0.4) is 0 Å². The maximum Gasteiger partial charge on any atom is 0.234 e. The summed E-state index contributed by atoms with van der Waals surface area (Å²) >= 11 is 7.88. The molecule has 0 unspecified atom stereocenters. The van der Waals surface area contributed by atoms with Crippen LogP contribution < -0.4 is 0 Å². The molecule has 1 fully saturated rings. The zero-order valence-electron chi connectivity index (χ0n) is 22.2. The van der Waals surface area contributed by atoms with Crippen LogP contribution in [-0.4, -0.2) is 44.7 Å². The lowest BCUT2D eigenvalue weighted by Crippen LogP contribution is -2.38. The topological polar surface area (TPSA) is 98.1 Å². The summed E-state index contributed by atoms with van der Waals surface area (Å²) in [5.41, 5.74) is 4.20. The van der Waals surface area contributed by atoms with E-state index in [1.165, 1.54) is 22.3 Å². The Morgan fingerprint density at radius 3 is 2.58 bits per heavy atom. The van der Waals surface area contributed by atoms with Gasteiger partial charge in [0, 0.05) is 10.8 Å².